The average molecular weight is 362 g/mol. The minimum absolute atomic E-state index is 0.239. The number of carboxylic acids is 1. The third-order valence-electron chi connectivity index (χ3n) is 4.71. The Bertz CT molecular complexity index is 1010. The van der Waals surface area contributed by atoms with Gasteiger partial charge in [-0.2, -0.15) is 5.26 Å². The number of rotatable bonds is 7. The van der Waals surface area contributed by atoms with Crippen LogP contribution in [0.2, 0.25) is 0 Å². The van der Waals surface area contributed by atoms with Crippen LogP contribution in [0.3, 0.4) is 0 Å². The fourth-order valence-electron chi connectivity index (χ4n) is 3.20. The molecular weight excluding hydrogens is 340 g/mol. The lowest BCUT2D eigenvalue weighted by atomic mass is 9.90. The average Bonchev–Trinajstić information content (AvgIpc) is 3.09. The van der Waals surface area contributed by atoms with E-state index in [0.717, 1.165) is 34.4 Å². The molecule has 0 amide bonds. The molecule has 5 heteroatoms. The lowest BCUT2D eigenvalue weighted by molar-refractivity contribution is 0.0699. The summed E-state index contributed by atoms with van der Waals surface area (Å²) >= 11 is 0. The molecule has 138 valence electrons. The molecule has 0 saturated carbocycles. The SMILES string of the molecule is CCCOc1ccc(CC(C#N)c2ccc3c(C(=O)O)c[nH]c3c2)c(C)c1. The summed E-state index contributed by atoms with van der Waals surface area (Å²) in [6, 6.07) is 13.8. The number of hydrogen-bond donors (Lipinski definition) is 2. The molecule has 0 fully saturated rings. The number of carbonyl (C=O) groups is 1. The number of hydrogen-bond acceptors (Lipinski definition) is 3. The van der Waals surface area contributed by atoms with Gasteiger partial charge in [-0.25, -0.2) is 4.79 Å². The van der Waals surface area contributed by atoms with E-state index in [4.69, 9.17) is 4.74 Å². The molecule has 3 aromatic rings. The van der Waals surface area contributed by atoms with Gasteiger partial charge in [0.05, 0.1) is 24.2 Å². The van der Waals surface area contributed by atoms with Crippen LogP contribution in [0, 0.1) is 18.3 Å². The van der Waals surface area contributed by atoms with Crippen molar-refractivity contribution in [3.05, 3.63) is 64.8 Å². The van der Waals surface area contributed by atoms with Crippen LogP contribution in [-0.2, 0) is 6.42 Å². The first-order chi connectivity index (χ1) is 13.0. The Balaban J connectivity index is 1.84. The number of ether oxygens (including phenoxy) is 1. The number of carboxylic acid groups (broad SMARTS) is 1. The van der Waals surface area contributed by atoms with Crippen LogP contribution in [0.4, 0.5) is 0 Å². The van der Waals surface area contributed by atoms with Crippen molar-refractivity contribution in [1.29, 1.82) is 5.26 Å². The molecule has 0 spiro atoms. The summed E-state index contributed by atoms with van der Waals surface area (Å²) in [5, 5.41) is 19.6. The summed E-state index contributed by atoms with van der Waals surface area (Å²) in [5.41, 5.74) is 4.03. The highest BCUT2D eigenvalue weighted by Gasteiger charge is 2.16. The van der Waals surface area contributed by atoms with Crippen LogP contribution in [0.15, 0.2) is 42.6 Å². The van der Waals surface area contributed by atoms with Crippen molar-refractivity contribution >= 4 is 16.9 Å². The molecule has 1 aromatic heterocycles. The number of nitriles is 1. The quantitative estimate of drug-likeness (QED) is 0.631. The number of aromatic carboxylic acids is 1. The van der Waals surface area contributed by atoms with Gasteiger partial charge >= 0.3 is 5.97 Å². The first kappa shape index (κ1) is 18.5. The van der Waals surface area contributed by atoms with Crippen LogP contribution in [0.5, 0.6) is 5.75 Å². The number of nitrogens with one attached hydrogen (secondary N) is 1. The third kappa shape index (κ3) is 3.95. The van der Waals surface area contributed by atoms with Gasteiger partial charge in [-0.3, -0.25) is 0 Å². The molecule has 1 atom stereocenters. The highest BCUT2D eigenvalue weighted by Crippen LogP contribution is 2.28. The zero-order valence-corrected chi connectivity index (χ0v) is 15.5. The molecule has 27 heavy (non-hydrogen) atoms. The van der Waals surface area contributed by atoms with Gasteiger partial charge in [0.15, 0.2) is 0 Å². The van der Waals surface area contributed by atoms with Crippen LogP contribution < -0.4 is 4.74 Å². The van der Waals surface area contributed by atoms with Gasteiger partial charge in [0.1, 0.15) is 5.75 Å². The molecule has 2 N–H and O–H groups in total. The van der Waals surface area contributed by atoms with Crippen molar-refractivity contribution in [3.63, 3.8) is 0 Å². The maximum atomic E-state index is 11.2. The lowest BCUT2D eigenvalue weighted by Gasteiger charge is -2.13. The normalized spacial score (nSPS) is 11.9. The van der Waals surface area contributed by atoms with Crippen LogP contribution >= 0.6 is 0 Å². The summed E-state index contributed by atoms with van der Waals surface area (Å²) in [6.07, 6.45) is 3.04. The van der Waals surface area contributed by atoms with Gasteiger partial charge < -0.3 is 14.8 Å². The van der Waals surface area contributed by atoms with Gasteiger partial charge in [0, 0.05) is 17.1 Å². The Kier molecular flexibility index (Phi) is 5.46. The Morgan fingerprint density at radius 1 is 1.30 bits per heavy atom. The van der Waals surface area contributed by atoms with Crippen molar-refractivity contribution in [1.82, 2.24) is 4.98 Å². The van der Waals surface area contributed by atoms with E-state index < -0.39 is 5.97 Å². The summed E-state index contributed by atoms with van der Waals surface area (Å²) in [4.78, 5) is 14.2. The number of aromatic amines is 1. The van der Waals surface area contributed by atoms with E-state index in [1.807, 2.05) is 37.3 Å². The second-order valence-corrected chi connectivity index (χ2v) is 6.64. The number of fused-ring (bicyclic) bond motifs is 1. The molecule has 5 nitrogen and oxygen atoms in total. The Labute approximate surface area is 158 Å². The van der Waals surface area contributed by atoms with Crippen molar-refractivity contribution in [2.45, 2.75) is 32.6 Å². The Hall–Kier alpha value is -3.26. The molecular formula is C22H22N2O3. The second kappa shape index (κ2) is 7.96. The molecule has 0 aliphatic heterocycles. The van der Waals surface area contributed by atoms with Crippen molar-refractivity contribution in [2.24, 2.45) is 0 Å². The van der Waals surface area contributed by atoms with E-state index in [0.29, 0.717) is 18.4 Å². The monoisotopic (exact) mass is 362 g/mol. The number of aryl methyl sites for hydroxylation is 1. The van der Waals surface area contributed by atoms with Gasteiger partial charge in [-0.15, -0.1) is 0 Å². The van der Waals surface area contributed by atoms with E-state index in [2.05, 4.69) is 18.0 Å². The molecule has 0 aliphatic carbocycles. The third-order valence-corrected chi connectivity index (χ3v) is 4.71. The first-order valence-electron chi connectivity index (χ1n) is 8.99. The number of H-pyrrole nitrogens is 1. The van der Waals surface area contributed by atoms with E-state index >= 15 is 0 Å². The lowest BCUT2D eigenvalue weighted by Crippen LogP contribution is -2.03. The largest absolute Gasteiger partial charge is 0.494 e. The Morgan fingerprint density at radius 2 is 2.11 bits per heavy atom. The number of aromatic nitrogens is 1. The Morgan fingerprint density at radius 3 is 2.78 bits per heavy atom. The summed E-state index contributed by atoms with van der Waals surface area (Å²) in [6.45, 7) is 4.78. The summed E-state index contributed by atoms with van der Waals surface area (Å²) in [5.74, 6) is -0.431. The molecule has 0 aliphatic rings. The summed E-state index contributed by atoms with van der Waals surface area (Å²) in [7, 11) is 0. The maximum Gasteiger partial charge on any atom is 0.337 e. The van der Waals surface area contributed by atoms with Crippen LogP contribution in [0.1, 0.15) is 46.3 Å². The van der Waals surface area contributed by atoms with Crippen LogP contribution in [0.25, 0.3) is 10.9 Å². The van der Waals surface area contributed by atoms with Gasteiger partial charge in [0.25, 0.3) is 0 Å². The topological polar surface area (TPSA) is 86.1 Å². The minimum atomic E-state index is -0.966. The zero-order chi connectivity index (χ0) is 19.4. The standard InChI is InChI=1S/C22H22N2O3/c1-3-8-27-18-6-4-15(14(2)9-18)10-17(12-23)16-5-7-19-20(22(25)26)13-24-21(19)11-16/h4-7,9,11,13,17,24H,3,8,10H2,1-2H3,(H,25,26). The van der Waals surface area contributed by atoms with Crippen molar-refractivity contribution < 1.29 is 14.6 Å². The predicted octanol–water partition coefficient (Wildman–Crippen LogP) is 4.81. The summed E-state index contributed by atoms with van der Waals surface area (Å²) < 4.78 is 5.66. The fourth-order valence-corrected chi connectivity index (χ4v) is 3.20. The molecule has 1 unspecified atom stereocenters. The van der Waals surface area contributed by atoms with Crippen molar-refractivity contribution in [3.8, 4) is 11.8 Å². The van der Waals surface area contributed by atoms with Gasteiger partial charge in [0.2, 0.25) is 0 Å². The van der Waals surface area contributed by atoms with Crippen LogP contribution in [-0.4, -0.2) is 22.7 Å². The van der Waals surface area contributed by atoms with Gasteiger partial charge in [-0.1, -0.05) is 25.1 Å². The maximum absolute atomic E-state index is 11.2. The van der Waals surface area contributed by atoms with E-state index in [1.165, 1.54) is 6.20 Å². The smallest absolute Gasteiger partial charge is 0.337 e. The number of nitrogens with zero attached hydrogens (tertiary/aromatic N) is 1. The highest BCUT2D eigenvalue weighted by atomic mass is 16.5. The molecule has 2 aromatic carbocycles. The molecule has 3 rings (SSSR count). The highest BCUT2D eigenvalue weighted by molar-refractivity contribution is 6.03. The zero-order valence-electron chi connectivity index (χ0n) is 15.5. The molecule has 0 saturated heterocycles. The number of benzene rings is 2. The first-order valence-corrected chi connectivity index (χ1v) is 8.99. The second-order valence-electron chi connectivity index (χ2n) is 6.64. The fraction of sp³-hybridized carbons (Fsp3) is 0.273. The van der Waals surface area contributed by atoms with E-state index in [9.17, 15) is 15.2 Å². The molecule has 0 radical (unpaired) electrons. The molecule has 1 heterocycles. The van der Waals surface area contributed by atoms with E-state index in [1.54, 1.807) is 6.07 Å². The minimum Gasteiger partial charge on any atom is -0.494 e. The van der Waals surface area contributed by atoms with E-state index in [-0.39, 0.29) is 11.5 Å². The van der Waals surface area contributed by atoms with Gasteiger partial charge in [-0.05, 0) is 54.7 Å². The molecule has 0 bridgehead atoms. The van der Waals surface area contributed by atoms with Crippen molar-refractivity contribution in [2.75, 3.05) is 6.61 Å². The predicted molar refractivity (Wildman–Crippen MR) is 104 cm³/mol.